The average Bonchev–Trinajstić information content (AvgIpc) is 2.90. The third-order valence-electron chi connectivity index (χ3n) is 3.41. The molecule has 0 bridgehead atoms. The van der Waals surface area contributed by atoms with Crippen molar-refractivity contribution in [3.05, 3.63) is 71.8 Å². The number of carbonyl (C=O) groups excluding carboxylic acids is 2. The lowest BCUT2D eigenvalue weighted by atomic mass is 9.96. The van der Waals surface area contributed by atoms with Crippen molar-refractivity contribution in [2.75, 3.05) is 7.05 Å². The molecule has 3 heteroatoms. The molecule has 2 aromatic carbocycles. The number of imide groups is 1. The van der Waals surface area contributed by atoms with Crippen LogP contribution in [0.4, 0.5) is 0 Å². The summed E-state index contributed by atoms with van der Waals surface area (Å²) in [6, 6.07) is 18.6. The maximum atomic E-state index is 12.3. The molecule has 0 radical (unpaired) electrons. The Bertz CT molecular complexity index is 642. The molecule has 0 unspecified atom stereocenters. The van der Waals surface area contributed by atoms with Crippen molar-refractivity contribution in [3.8, 4) is 0 Å². The number of likely N-dealkylation sites (N-methyl/N-ethyl adjacent to an activating group) is 1. The van der Waals surface area contributed by atoms with Crippen molar-refractivity contribution in [1.29, 1.82) is 0 Å². The van der Waals surface area contributed by atoms with Crippen LogP contribution in [0.5, 0.6) is 0 Å². The van der Waals surface area contributed by atoms with E-state index in [4.69, 9.17) is 0 Å². The topological polar surface area (TPSA) is 37.4 Å². The van der Waals surface area contributed by atoms with Gasteiger partial charge in [0.15, 0.2) is 0 Å². The summed E-state index contributed by atoms with van der Waals surface area (Å²) in [7, 11) is 1.52. The second-order valence-electron chi connectivity index (χ2n) is 4.65. The Labute approximate surface area is 144 Å². The fourth-order valence-electron chi connectivity index (χ4n) is 2.39. The van der Waals surface area contributed by atoms with Crippen LogP contribution in [0.1, 0.15) is 38.8 Å². The van der Waals surface area contributed by atoms with Gasteiger partial charge in [0.2, 0.25) is 0 Å². The van der Waals surface area contributed by atoms with E-state index in [1.165, 1.54) is 11.9 Å². The van der Waals surface area contributed by atoms with Gasteiger partial charge < -0.3 is 0 Å². The second-order valence-corrected chi connectivity index (χ2v) is 4.65. The van der Waals surface area contributed by atoms with E-state index in [9.17, 15) is 9.59 Å². The number of benzene rings is 2. The summed E-state index contributed by atoms with van der Waals surface area (Å²) < 4.78 is 0. The van der Waals surface area contributed by atoms with E-state index >= 15 is 0 Å². The lowest BCUT2D eigenvalue weighted by Crippen LogP contribution is -2.26. The van der Waals surface area contributed by atoms with Gasteiger partial charge in [-0.25, -0.2) is 0 Å². The van der Waals surface area contributed by atoms with E-state index in [0.29, 0.717) is 11.1 Å². The number of amides is 2. The molecule has 0 saturated heterocycles. The molecule has 0 saturated carbocycles. The molecule has 2 amide bonds. The standard InChI is InChI=1S/C17H13NO2.2C2H6/c1-18-16(19)14(12-8-4-2-5-9-12)15(17(18)20)13-10-6-3-7-11-13;2*1-2/h2-11H,1H3;2*1-2H3. The second kappa shape index (κ2) is 9.46. The van der Waals surface area contributed by atoms with Crippen molar-refractivity contribution < 1.29 is 9.59 Å². The smallest absolute Gasteiger partial charge is 0.261 e. The minimum absolute atomic E-state index is 0.250. The molecular weight excluding hydrogens is 298 g/mol. The predicted molar refractivity (Wildman–Crippen MR) is 100 cm³/mol. The van der Waals surface area contributed by atoms with Crippen molar-refractivity contribution in [2.45, 2.75) is 27.7 Å². The Kier molecular flexibility index (Phi) is 7.63. The molecule has 0 N–H and O–H groups in total. The SMILES string of the molecule is CC.CC.CN1C(=O)C(c2ccccc2)=C(c2ccccc2)C1=O. The first kappa shape index (κ1) is 19.4. The van der Waals surface area contributed by atoms with Gasteiger partial charge in [-0.05, 0) is 11.1 Å². The maximum absolute atomic E-state index is 12.3. The lowest BCUT2D eigenvalue weighted by Gasteiger charge is -2.06. The van der Waals surface area contributed by atoms with Crippen LogP contribution < -0.4 is 0 Å². The molecule has 0 fully saturated rings. The van der Waals surface area contributed by atoms with Crippen molar-refractivity contribution in [3.63, 3.8) is 0 Å². The molecule has 0 spiro atoms. The number of nitrogens with zero attached hydrogens (tertiary/aromatic N) is 1. The van der Waals surface area contributed by atoms with Crippen LogP contribution in [-0.4, -0.2) is 23.8 Å². The van der Waals surface area contributed by atoms with Crippen LogP contribution in [0.2, 0.25) is 0 Å². The summed E-state index contributed by atoms with van der Waals surface area (Å²) in [5.41, 5.74) is 2.50. The summed E-state index contributed by atoms with van der Waals surface area (Å²) >= 11 is 0. The average molecular weight is 323 g/mol. The Morgan fingerprint density at radius 2 is 0.875 bits per heavy atom. The number of hydrogen-bond donors (Lipinski definition) is 0. The van der Waals surface area contributed by atoms with Gasteiger partial charge in [0.25, 0.3) is 11.8 Å². The van der Waals surface area contributed by atoms with Gasteiger partial charge >= 0.3 is 0 Å². The molecule has 126 valence electrons. The highest BCUT2D eigenvalue weighted by atomic mass is 16.2. The van der Waals surface area contributed by atoms with Crippen molar-refractivity contribution in [1.82, 2.24) is 4.90 Å². The van der Waals surface area contributed by atoms with E-state index in [0.717, 1.165) is 11.1 Å². The zero-order valence-corrected chi connectivity index (χ0v) is 15.0. The summed E-state index contributed by atoms with van der Waals surface area (Å²) in [5, 5.41) is 0. The summed E-state index contributed by atoms with van der Waals surface area (Å²) in [5.74, 6) is -0.500. The minimum Gasteiger partial charge on any atom is -0.277 e. The van der Waals surface area contributed by atoms with Crippen LogP contribution in [-0.2, 0) is 9.59 Å². The highest BCUT2D eigenvalue weighted by Gasteiger charge is 2.36. The fraction of sp³-hybridized carbons (Fsp3) is 0.238. The number of rotatable bonds is 2. The van der Waals surface area contributed by atoms with Crippen molar-refractivity contribution >= 4 is 23.0 Å². The molecule has 3 nitrogen and oxygen atoms in total. The van der Waals surface area contributed by atoms with E-state index in [-0.39, 0.29) is 11.8 Å². The van der Waals surface area contributed by atoms with Crippen molar-refractivity contribution in [2.24, 2.45) is 0 Å². The van der Waals surface area contributed by atoms with Gasteiger partial charge in [-0.2, -0.15) is 0 Å². The zero-order chi connectivity index (χ0) is 18.1. The Hall–Kier alpha value is -2.68. The lowest BCUT2D eigenvalue weighted by molar-refractivity contribution is -0.134. The zero-order valence-electron chi connectivity index (χ0n) is 15.0. The molecule has 1 aliphatic heterocycles. The minimum atomic E-state index is -0.250. The van der Waals surface area contributed by atoms with Gasteiger partial charge in [-0.15, -0.1) is 0 Å². The molecular formula is C21H25NO2. The van der Waals surface area contributed by atoms with Crippen LogP contribution in [0.25, 0.3) is 11.1 Å². The summed E-state index contributed by atoms with van der Waals surface area (Å²) in [6.45, 7) is 8.00. The van der Waals surface area contributed by atoms with Gasteiger partial charge in [0.1, 0.15) is 0 Å². The molecule has 0 aliphatic carbocycles. The predicted octanol–water partition coefficient (Wildman–Crippen LogP) is 4.65. The molecule has 0 aromatic heterocycles. The third kappa shape index (κ3) is 3.80. The van der Waals surface area contributed by atoms with Crippen LogP contribution >= 0.6 is 0 Å². The highest BCUT2D eigenvalue weighted by molar-refractivity contribution is 6.48. The molecule has 1 aliphatic rings. The number of carbonyl (C=O) groups is 2. The number of hydrogen-bond acceptors (Lipinski definition) is 2. The first-order chi connectivity index (χ1) is 11.7. The fourth-order valence-corrected chi connectivity index (χ4v) is 2.39. The Morgan fingerprint density at radius 1 is 0.583 bits per heavy atom. The molecule has 1 heterocycles. The monoisotopic (exact) mass is 323 g/mol. The van der Waals surface area contributed by atoms with Crippen LogP contribution in [0, 0.1) is 0 Å². The quantitative estimate of drug-likeness (QED) is 0.755. The van der Waals surface area contributed by atoms with Gasteiger partial charge in [-0.1, -0.05) is 88.4 Å². The Morgan fingerprint density at radius 3 is 1.17 bits per heavy atom. The normalized spacial score (nSPS) is 13.1. The first-order valence-electron chi connectivity index (χ1n) is 8.37. The van der Waals surface area contributed by atoms with Crippen LogP contribution in [0.3, 0.4) is 0 Å². The third-order valence-corrected chi connectivity index (χ3v) is 3.41. The van der Waals surface area contributed by atoms with E-state index in [1.54, 1.807) is 0 Å². The van der Waals surface area contributed by atoms with Gasteiger partial charge in [0, 0.05) is 7.05 Å². The maximum Gasteiger partial charge on any atom is 0.261 e. The van der Waals surface area contributed by atoms with E-state index < -0.39 is 0 Å². The highest BCUT2D eigenvalue weighted by Crippen LogP contribution is 2.34. The summed E-state index contributed by atoms with van der Waals surface area (Å²) in [4.78, 5) is 25.9. The first-order valence-corrected chi connectivity index (χ1v) is 8.37. The Balaban J connectivity index is 0.000000671. The molecule has 2 aromatic rings. The van der Waals surface area contributed by atoms with E-state index in [1.807, 2.05) is 88.4 Å². The summed E-state index contributed by atoms with van der Waals surface area (Å²) in [6.07, 6.45) is 0. The van der Waals surface area contributed by atoms with Gasteiger partial charge in [0.05, 0.1) is 11.1 Å². The molecule has 3 rings (SSSR count). The molecule has 0 atom stereocenters. The molecule has 24 heavy (non-hydrogen) atoms. The largest absolute Gasteiger partial charge is 0.277 e. The van der Waals surface area contributed by atoms with E-state index in [2.05, 4.69) is 0 Å². The van der Waals surface area contributed by atoms with Crippen LogP contribution in [0.15, 0.2) is 60.7 Å². The van der Waals surface area contributed by atoms with Gasteiger partial charge in [-0.3, -0.25) is 14.5 Å².